The summed E-state index contributed by atoms with van der Waals surface area (Å²) in [6.45, 7) is 0.819. The van der Waals surface area contributed by atoms with Crippen molar-refractivity contribution in [3.63, 3.8) is 0 Å². The number of phenols is 1. The lowest BCUT2D eigenvalue weighted by Crippen LogP contribution is -2.32. The van der Waals surface area contributed by atoms with E-state index in [-0.39, 0.29) is 11.7 Å². The Morgan fingerprint density at radius 1 is 1.47 bits per heavy atom. The predicted molar refractivity (Wildman–Crippen MR) is 58.5 cm³/mol. The average Bonchev–Trinajstić information content (AvgIpc) is 2.14. The minimum absolute atomic E-state index is 0.0247. The zero-order chi connectivity index (χ0) is 11.3. The zero-order valence-electron chi connectivity index (χ0n) is 9.03. The standard InChI is InChI=1S/C11H16N2O2/c1-13(2)8-11(15)12-7-9-4-3-5-10(14)6-9/h3-6,14H,7-8H2,1-2H3,(H,12,15). The van der Waals surface area contributed by atoms with Crippen LogP contribution in [0.5, 0.6) is 5.75 Å². The van der Waals surface area contributed by atoms with Crippen LogP contribution in [-0.4, -0.2) is 36.6 Å². The number of nitrogens with one attached hydrogen (secondary N) is 1. The first-order chi connectivity index (χ1) is 7.08. The highest BCUT2D eigenvalue weighted by Crippen LogP contribution is 2.10. The van der Waals surface area contributed by atoms with Gasteiger partial charge in [0.2, 0.25) is 5.91 Å². The number of likely N-dealkylation sites (N-methyl/N-ethyl adjacent to an activating group) is 1. The molecule has 0 heterocycles. The second-order valence-corrected chi connectivity index (χ2v) is 3.68. The van der Waals surface area contributed by atoms with Gasteiger partial charge in [-0.2, -0.15) is 0 Å². The van der Waals surface area contributed by atoms with Gasteiger partial charge in [-0.3, -0.25) is 4.79 Å². The Bertz CT molecular complexity index is 337. The lowest BCUT2D eigenvalue weighted by molar-refractivity contribution is -0.121. The average molecular weight is 208 g/mol. The van der Waals surface area contributed by atoms with Crippen molar-refractivity contribution in [3.8, 4) is 5.75 Å². The van der Waals surface area contributed by atoms with E-state index in [9.17, 15) is 9.90 Å². The van der Waals surface area contributed by atoms with E-state index in [1.165, 1.54) is 0 Å². The quantitative estimate of drug-likeness (QED) is 0.760. The third-order valence-electron chi connectivity index (χ3n) is 1.86. The molecular weight excluding hydrogens is 192 g/mol. The number of hydrogen-bond acceptors (Lipinski definition) is 3. The number of carbonyl (C=O) groups is 1. The highest BCUT2D eigenvalue weighted by atomic mass is 16.3. The summed E-state index contributed by atoms with van der Waals surface area (Å²) in [5, 5.41) is 12.0. The summed E-state index contributed by atoms with van der Waals surface area (Å²) in [5.74, 6) is 0.192. The molecule has 82 valence electrons. The molecule has 0 aliphatic carbocycles. The summed E-state index contributed by atoms with van der Waals surface area (Å²) < 4.78 is 0. The Morgan fingerprint density at radius 3 is 2.80 bits per heavy atom. The Morgan fingerprint density at radius 2 is 2.20 bits per heavy atom. The van der Waals surface area contributed by atoms with E-state index in [0.29, 0.717) is 13.1 Å². The third kappa shape index (κ3) is 4.46. The van der Waals surface area contributed by atoms with Crippen LogP contribution in [-0.2, 0) is 11.3 Å². The predicted octanol–water partition coefficient (Wildman–Crippen LogP) is 0.570. The molecule has 1 aromatic carbocycles. The second-order valence-electron chi connectivity index (χ2n) is 3.68. The maximum absolute atomic E-state index is 11.3. The van der Waals surface area contributed by atoms with E-state index in [0.717, 1.165) is 5.56 Å². The fraction of sp³-hybridized carbons (Fsp3) is 0.364. The number of nitrogens with zero attached hydrogens (tertiary/aromatic N) is 1. The van der Waals surface area contributed by atoms with Crippen LogP contribution in [0.4, 0.5) is 0 Å². The fourth-order valence-corrected chi connectivity index (χ4v) is 1.21. The first-order valence-electron chi connectivity index (χ1n) is 4.77. The molecule has 0 bridgehead atoms. The van der Waals surface area contributed by atoms with E-state index >= 15 is 0 Å². The molecule has 2 N–H and O–H groups in total. The second kappa shape index (κ2) is 5.36. The summed E-state index contributed by atoms with van der Waals surface area (Å²) >= 11 is 0. The van der Waals surface area contributed by atoms with E-state index in [1.54, 1.807) is 23.1 Å². The molecule has 0 saturated heterocycles. The molecule has 0 aliphatic heterocycles. The topological polar surface area (TPSA) is 52.6 Å². The summed E-state index contributed by atoms with van der Waals surface area (Å²) in [7, 11) is 3.68. The zero-order valence-corrected chi connectivity index (χ0v) is 9.03. The van der Waals surface area contributed by atoms with Crippen molar-refractivity contribution in [2.75, 3.05) is 20.6 Å². The maximum atomic E-state index is 11.3. The number of benzene rings is 1. The molecule has 0 saturated carbocycles. The first-order valence-corrected chi connectivity index (χ1v) is 4.77. The Hall–Kier alpha value is -1.55. The number of carbonyl (C=O) groups excluding carboxylic acids is 1. The number of aromatic hydroxyl groups is 1. The van der Waals surface area contributed by atoms with Crippen LogP contribution in [0.15, 0.2) is 24.3 Å². The van der Waals surface area contributed by atoms with Crippen LogP contribution in [0.1, 0.15) is 5.56 Å². The third-order valence-corrected chi connectivity index (χ3v) is 1.86. The van der Waals surface area contributed by atoms with Crippen molar-refractivity contribution in [3.05, 3.63) is 29.8 Å². The first kappa shape index (κ1) is 11.5. The number of rotatable bonds is 4. The van der Waals surface area contributed by atoms with E-state index in [2.05, 4.69) is 5.32 Å². The van der Waals surface area contributed by atoms with Gasteiger partial charge in [-0.1, -0.05) is 12.1 Å². The van der Waals surface area contributed by atoms with Crippen molar-refractivity contribution in [2.24, 2.45) is 0 Å². The van der Waals surface area contributed by atoms with Crippen molar-refractivity contribution < 1.29 is 9.90 Å². The summed E-state index contributed by atoms with van der Waals surface area (Å²) in [5.41, 5.74) is 0.891. The molecule has 4 heteroatoms. The lowest BCUT2D eigenvalue weighted by atomic mass is 10.2. The number of amides is 1. The molecule has 0 unspecified atom stereocenters. The highest BCUT2D eigenvalue weighted by Gasteiger charge is 2.02. The molecule has 0 fully saturated rings. The molecule has 1 amide bonds. The molecule has 15 heavy (non-hydrogen) atoms. The Labute approximate surface area is 89.5 Å². The lowest BCUT2D eigenvalue weighted by Gasteiger charge is -2.10. The van der Waals surface area contributed by atoms with Gasteiger partial charge in [0.25, 0.3) is 0 Å². The van der Waals surface area contributed by atoms with Gasteiger partial charge < -0.3 is 15.3 Å². The minimum Gasteiger partial charge on any atom is -0.508 e. The van der Waals surface area contributed by atoms with Gasteiger partial charge in [0.1, 0.15) is 5.75 Å². The van der Waals surface area contributed by atoms with Gasteiger partial charge in [-0.05, 0) is 31.8 Å². The molecule has 0 radical (unpaired) electrons. The van der Waals surface area contributed by atoms with Crippen molar-refractivity contribution >= 4 is 5.91 Å². The van der Waals surface area contributed by atoms with Crippen LogP contribution in [0.25, 0.3) is 0 Å². The monoisotopic (exact) mass is 208 g/mol. The molecule has 0 atom stereocenters. The number of phenolic OH excluding ortho intramolecular Hbond substituents is 1. The molecule has 4 nitrogen and oxygen atoms in total. The summed E-state index contributed by atoms with van der Waals surface area (Å²) in [4.78, 5) is 13.1. The van der Waals surface area contributed by atoms with Crippen LogP contribution in [0.3, 0.4) is 0 Å². The molecular formula is C11H16N2O2. The molecule has 0 spiro atoms. The molecule has 1 aromatic rings. The largest absolute Gasteiger partial charge is 0.508 e. The molecule has 0 aliphatic rings. The normalized spacial score (nSPS) is 10.3. The minimum atomic E-state index is -0.0247. The summed E-state index contributed by atoms with van der Waals surface area (Å²) in [6, 6.07) is 6.85. The van der Waals surface area contributed by atoms with Crippen molar-refractivity contribution in [1.82, 2.24) is 10.2 Å². The maximum Gasteiger partial charge on any atom is 0.234 e. The van der Waals surface area contributed by atoms with E-state index in [4.69, 9.17) is 0 Å². The Balaban J connectivity index is 2.40. The highest BCUT2D eigenvalue weighted by molar-refractivity contribution is 5.77. The number of hydrogen-bond donors (Lipinski definition) is 2. The van der Waals surface area contributed by atoms with Gasteiger partial charge >= 0.3 is 0 Å². The summed E-state index contributed by atoms with van der Waals surface area (Å²) in [6.07, 6.45) is 0. The van der Waals surface area contributed by atoms with Crippen molar-refractivity contribution in [1.29, 1.82) is 0 Å². The van der Waals surface area contributed by atoms with Crippen LogP contribution in [0.2, 0.25) is 0 Å². The molecule has 0 aromatic heterocycles. The van der Waals surface area contributed by atoms with Crippen LogP contribution in [0, 0.1) is 0 Å². The Kier molecular flexibility index (Phi) is 4.12. The smallest absolute Gasteiger partial charge is 0.234 e. The van der Waals surface area contributed by atoms with Gasteiger partial charge in [-0.25, -0.2) is 0 Å². The van der Waals surface area contributed by atoms with Crippen LogP contribution < -0.4 is 5.32 Å². The van der Waals surface area contributed by atoms with E-state index in [1.807, 2.05) is 20.2 Å². The van der Waals surface area contributed by atoms with Gasteiger partial charge in [-0.15, -0.1) is 0 Å². The SMILES string of the molecule is CN(C)CC(=O)NCc1cccc(O)c1. The van der Waals surface area contributed by atoms with Crippen molar-refractivity contribution in [2.45, 2.75) is 6.54 Å². The molecule has 1 rings (SSSR count). The van der Waals surface area contributed by atoms with E-state index < -0.39 is 0 Å². The fourth-order valence-electron chi connectivity index (χ4n) is 1.21. The van der Waals surface area contributed by atoms with Gasteiger partial charge in [0, 0.05) is 6.54 Å². The van der Waals surface area contributed by atoms with Crippen LogP contribution >= 0.6 is 0 Å². The van der Waals surface area contributed by atoms with Gasteiger partial charge in [0.15, 0.2) is 0 Å². The van der Waals surface area contributed by atoms with Gasteiger partial charge in [0.05, 0.1) is 6.54 Å².